The number of hydrogen-bond donors (Lipinski definition) is 1. The number of nitrogens with one attached hydrogen (secondary N) is 1. The fourth-order valence-electron chi connectivity index (χ4n) is 1.80. The summed E-state index contributed by atoms with van der Waals surface area (Å²) in [4.78, 5) is 4.23. The van der Waals surface area contributed by atoms with Crippen LogP contribution in [0.2, 0.25) is 0 Å². The molecule has 19 heavy (non-hydrogen) atoms. The first-order valence-electron chi connectivity index (χ1n) is 6.15. The van der Waals surface area contributed by atoms with Gasteiger partial charge in [0.1, 0.15) is 5.75 Å². The van der Waals surface area contributed by atoms with Gasteiger partial charge in [-0.15, -0.1) is 0 Å². The Bertz CT molecular complexity index is 584. The van der Waals surface area contributed by atoms with Crippen molar-refractivity contribution < 1.29 is 9.13 Å². The maximum absolute atomic E-state index is 13.9. The van der Waals surface area contributed by atoms with Crippen LogP contribution in [0, 0.1) is 19.7 Å². The molecule has 0 fully saturated rings. The molecule has 0 aliphatic heterocycles. The minimum atomic E-state index is -0.327. The lowest BCUT2D eigenvalue weighted by atomic mass is 10.2. The lowest BCUT2D eigenvalue weighted by molar-refractivity contribution is 0.433. The highest BCUT2D eigenvalue weighted by atomic mass is 19.1. The molecule has 0 unspecified atom stereocenters. The SMILES string of the molecule is CNCc1cnc(C)cc1Oc1cccc(C)c1F. The fourth-order valence-corrected chi connectivity index (χ4v) is 1.80. The number of pyridine rings is 1. The zero-order valence-electron chi connectivity index (χ0n) is 11.3. The standard InChI is InChI=1S/C15H17FN2O/c1-10-5-4-6-13(15(10)16)19-14-7-11(2)18-9-12(14)8-17-3/h4-7,9,17H,8H2,1-3H3. The average Bonchev–Trinajstić information content (AvgIpc) is 2.38. The van der Waals surface area contributed by atoms with E-state index in [0.717, 1.165) is 11.3 Å². The summed E-state index contributed by atoms with van der Waals surface area (Å²) in [7, 11) is 1.84. The van der Waals surface area contributed by atoms with Crippen LogP contribution in [-0.4, -0.2) is 12.0 Å². The summed E-state index contributed by atoms with van der Waals surface area (Å²) >= 11 is 0. The molecule has 3 nitrogen and oxygen atoms in total. The summed E-state index contributed by atoms with van der Waals surface area (Å²) in [6, 6.07) is 6.93. The first-order valence-corrected chi connectivity index (χ1v) is 6.15. The van der Waals surface area contributed by atoms with Gasteiger partial charge in [-0.25, -0.2) is 4.39 Å². The number of aromatic nitrogens is 1. The molecule has 0 amide bonds. The second-order valence-electron chi connectivity index (χ2n) is 4.45. The Morgan fingerprint density at radius 1 is 1.26 bits per heavy atom. The smallest absolute Gasteiger partial charge is 0.168 e. The Morgan fingerprint density at radius 3 is 2.79 bits per heavy atom. The number of rotatable bonds is 4. The molecule has 1 N–H and O–H groups in total. The van der Waals surface area contributed by atoms with Crippen LogP contribution in [0.3, 0.4) is 0 Å². The molecular formula is C15H17FN2O. The molecule has 2 aromatic rings. The Labute approximate surface area is 112 Å². The van der Waals surface area contributed by atoms with Crippen LogP contribution >= 0.6 is 0 Å². The number of benzene rings is 1. The summed E-state index contributed by atoms with van der Waals surface area (Å²) in [5.41, 5.74) is 2.30. The zero-order valence-corrected chi connectivity index (χ0v) is 11.3. The van der Waals surface area contributed by atoms with E-state index in [-0.39, 0.29) is 11.6 Å². The molecule has 0 bridgehead atoms. The van der Waals surface area contributed by atoms with Crippen molar-refractivity contribution >= 4 is 0 Å². The van der Waals surface area contributed by atoms with Gasteiger partial charge >= 0.3 is 0 Å². The van der Waals surface area contributed by atoms with E-state index in [4.69, 9.17) is 4.74 Å². The molecule has 1 aromatic heterocycles. The highest BCUT2D eigenvalue weighted by Crippen LogP contribution is 2.28. The molecule has 0 atom stereocenters. The Hall–Kier alpha value is -1.94. The minimum absolute atomic E-state index is 0.239. The van der Waals surface area contributed by atoms with E-state index >= 15 is 0 Å². The molecule has 0 aliphatic rings. The molecule has 0 saturated carbocycles. The van der Waals surface area contributed by atoms with Gasteiger partial charge < -0.3 is 10.1 Å². The second-order valence-corrected chi connectivity index (χ2v) is 4.45. The lowest BCUT2D eigenvalue weighted by Crippen LogP contribution is -2.07. The zero-order chi connectivity index (χ0) is 13.8. The monoisotopic (exact) mass is 260 g/mol. The third-order valence-electron chi connectivity index (χ3n) is 2.82. The van der Waals surface area contributed by atoms with Gasteiger partial charge in [-0.1, -0.05) is 12.1 Å². The molecule has 4 heteroatoms. The van der Waals surface area contributed by atoms with Crippen LogP contribution in [0.15, 0.2) is 30.5 Å². The van der Waals surface area contributed by atoms with Crippen LogP contribution in [0.4, 0.5) is 4.39 Å². The average molecular weight is 260 g/mol. The third-order valence-corrected chi connectivity index (χ3v) is 2.82. The summed E-state index contributed by atoms with van der Waals surface area (Å²) in [6.07, 6.45) is 1.74. The van der Waals surface area contributed by atoms with Crippen LogP contribution < -0.4 is 10.1 Å². The van der Waals surface area contributed by atoms with E-state index in [2.05, 4.69) is 10.3 Å². The molecule has 2 rings (SSSR count). The van der Waals surface area contributed by atoms with E-state index in [1.54, 1.807) is 31.3 Å². The number of nitrogens with zero attached hydrogens (tertiary/aromatic N) is 1. The predicted octanol–water partition coefficient (Wildman–Crippen LogP) is 3.35. The van der Waals surface area contributed by atoms with Crippen molar-refractivity contribution in [3.8, 4) is 11.5 Å². The van der Waals surface area contributed by atoms with E-state index < -0.39 is 0 Å². The lowest BCUT2D eigenvalue weighted by Gasteiger charge is -2.12. The summed E-state index contributed by atoms with van der Waals surface area (Å²) in [6.45, 7) is 4.22. The van der Waals surface area contributed by atoms with Gasteiger partial charge in [0.2, 0.25) is 0 Å². The van der Waals surface area contributed by atoms with Gasteiger partial charge in [-0.3, -0.25) is 4.98 Å². The number of aryl methyl sites for hydroxylation is 2. The normalized spacial score (nSPS) is 10.5. The van der Waals surface area contributed by atoms with E-state index in [9.17, 15) is 4.39 Å². The Morgan fingerprint density at radius 2 is 2.05 bits per heavy atom. The van der Waals surface area contributed by atoms with Crippen molar-refractivity contribution in [1.29, 1.82) is 0 Å². The fraction of sp³-hybridized carbons (Fsp3) is 0.267. The van der Waals surface area contributed by atoms with Crippen molar-refractivity contribution in [1.82, 2.24) is 10.3 Å². The van der Waals surface area contributed by atoms with Gasteiger partial charge in [0.05, 0.1) is 0 Å². The van der Waals surface area contributed by atoms with Crippen molar-refractivity contribution in [2.24, 2.45) is 0 Å². The number of hydrogen-bond acceptors (Lipinski definition) is 3. The summed E-state index contributed by atoms with van der Waals surface area (Å²) < 4.78 is 19.6. The van der Waals surface area contributed by atoms with Gasteiger partial charge in [0.25, 0.3) is 0 Å². The first kappa shape index (κ1) is 13.5. The van der Waals surface area contributed by atoms with Crippen LogP contribution in [0.1, 0.15) is 16.8 Å². The summed E-state index contributed by atoms with van der Waals surface area (Å²) in [5, 5.41) is 3.04. The van der Waals surface area contributed by atoms with Gasteiger partial charge in [-0.2, -0.15) is 0 Å². The summed E-state index contributed by atoms with van der Waals surface area (Å²) in [5.74, 6) is 0.543. The highest BCUT2D eigenvalue weighted by molar-refractivity contribution is 5.39. The topological polar surface area (TPSA) is 34.2 Å². The second kappa shape index (κ2) is 5.80. The van der Waals surface area contributed by atoms with Gasteiger partial charge in [-0.05, 0) is 32.5 Å². The maximum atomic E-state index is 13.9. The quantitative estimate of drug-likeness (QED) is 0.915. The molecule has 0 saturated heterocycles. The van der Waals surface area contributed by atoms with Gasteiger partial charge in [0.15, 0.2) is 11.6 Å². The van der Waals surface area contributed by atoms with Crippen LogP contribution in [0.25, 0.3) is 0 Å². The molecule has 0 aliphatic carbocycles. The van der Waals surface area contributed by atoms with Crippen LogP contribution in [0.5, 0.6) is 11.5 Å². The predicted molar refractivity (Wildman–Crippen MR) is 72.9 cm³/mol. The van der Waals surface area contributed by atoms with Crippen LogP contribution in [-0.2, 0) is 6.54 Å². The third kappa shape index (κ3) is 3.09. The number of ether oxygens (including phenoxy) is 1. The molecule has 0 spiro atoms. The van der Waals surface area contributed by atoms with E-state index in [1.807, 2.05) is 20.0 Å². The molecule has 0 radical (unpaired) electrons. The van der Waals surface area contributed by atoms with Crippen molar-refractivity contribution in [3.05, 3.63) is 53.1 Å². The van der Waals surface area contributed by atoms with Crippen molar-refractivity contribution in [3.63, 3.8) is 0 Å². The first-order chi connectivity index (χ1) is 9.11. The Balaban J connectivity index is 2.36. The van der Waals surface area contributed by atoms with Crippen molar-refractivity contribution in [2.45, 2.75) is 20.4 Å². The minimum Gasteiger partial charge on any atom is -0.454 e. The molecular weight excluding hydrogens is 243 g/mol. The van der Waals surface area contributed by atoms with Crippen molar-refractivity contribution in [2.75, 3.05) is 7.05 Å². The largest absolute Gasteiger partial charge is 0.454 e. The molecule has 1 aromatic carbocycles. The highest BCUT2D eigenvalue weighted by Gasteiger charge is 2.10. The van der Waals surface area contributed by atoms with E-state index in [0.29, 0.717) is 17.9 Å². The van der Waals surface area contributed by atoms with E-state index in [1.165, 1.54) is 0 Å². The number of halogens is 1. The molecule has 1 heterocycles. The Kier molecular flexibility index (Phi) is 4.12. The molecule has 100 valence electrons. The maximum Gasteiger partial charge on any atom is 0.168 e. The van der Waals surface area contributed by atoms with Gasteiger partial charge in [0, 0.05) is 30.1 Å².